The number of benzene rings is 2. The van der Waals surface area contributed by atoms with Crippen LogP contribution in [0.3, 0.4) is 0 Å². The second-order valence-electron chi connectivity index (χ2n) is 6.26. The number of nitrogens with one attached hydrogen (secondary N) is 2. The highest BCUT2D eigenvalue weighted by molar-refractivity contribution is 6.01. The van der Waals surface area contributed by atoms with Crippen molar-refractivity contribution in [3.05, 3.63) is 53.8 Å². The van der Waals surface area contributed by atoms with Crippen LogP contribution in [0.4, 0.5) is 10.1 Å². The van der Waals surface area contributed by atoms with E-state index in [0.717, 1.165) is 0 Å². The van der Waals surface area contributed by atoms with E-state index < -0.39 is 23.7 Å². The van der Waals surface area contributed by atoms with Crippen LogP contribution in [0.25, 0.3) is 0 Å². The number of hydrogen-bond donors (Lipinski definition) is 2. The average Bonchev–Trinajstić information content (AvgIpc) is 2.65. The number of amides is 2. The minimum absolute atomic E-state index is 0.175. The van der Waals surface area contributed by atoms with Gasteiger partial charge in [-0.1, -0.05) is 13.8 Å². The molecule has 0 fully saturated rings. The molecule has 1 atom stereocenters. The summed E-state index contributed by atoms with van der Waals surface area (Å²) in [5, 5.41) is 5.46. The summed E-state index contributed by atoms with van der Waals surface area (Å²) < 4.78 is 23.4. The number of methoxy groups -OCH3 is 2. The summed E-state index contributed by atoms with van der Waals surface area (Å²) >= 11 is 0. The third-order valence-electron chi connectivity index (χ3n) is 4.01. The van der Waals surface area contributed by atoms with Gasteiger partial charge in [-0.2, -0.15) is 0 Å². The topological polar surface area (TPSA) is 76.7 Å². The van der Waals surface area contributed by atoms with Gasteiger partial charge in [0, 0.05) is 11.6 Å². The zero-order valence-electron chi connectivity index (χ0n) is 15.7. The van der Waals surface area contributed by atoms with Crippen LogP contribution >= 0.6 is 0 Å². The van der Waals surface area contributed by atoms with E-state index in [1.54, 1.807) is 18.2 Å². The van der Waals surface area contributed by atoms with Crippen molar-refractivity contribution in [3.63, 3.8) is 0 Å². The highest BCUT2D eigenvalue weighted by atomic mass is 19.1. The van der Waals surface area contributed by atoms with E-state index in [9.17, 15) is 14.0 Å². The summed E-state index contributed by atoms with van der Waals surface area (Å²) in [6, 6.07) is 9.35. The van der Waals surface area contributed by atoms with Crippen LogP contribution in [-0.2, 0) is 4.79 Å². The van der Waals surface area contributed by atoms with Gasteiger partial charge < -0.3 is 20.1 Å². The maximum atomic E-state index is 13.0. The molecule has 0 spiro atoms. The quantitative estimate of drug-likeness (QED) is 0.780. The number of anilines is 1. The zero-order chi connectivity index (χ0) is 20.0. The molecule has 0 bridgehead atoms. The van der Waals surface area contributed by atoms with Crippen molar-refractivity contribution in [2.75, 3.05) is 19.5 Å². The first kappa shape index (κ1) is 20.2. The lowest BCUT2D eigenvalue weighted by molar-refractivity contribution is -0.118. The number of carbonyl (C=O) groups is 2. The first-order valence-electron chi connectivity index (χ1n) is 8.45. The van der Waals surface area contributed by atoms with Gasteiger partial charge in [-0.3, -0.25) is 9.59 Å². The predicted octanol–water partition coefficient (Wildman–Crippen LogP) is 3.24. The monoisotopic (exact) mass is 374 g/mol. The molecule has 2 rings (SSSR count). The number of hydrogen-bond acceptors (Lipinski definition) is 4. The standard InChI is InChI=1S/C20H23FN2O4/c1-12(2)18(23-19(24)13-5-7-14(21)8-6-13)20(25)22-16-11-15(26-3)9-10-17(16)27-4/h5-12,18H,1-4H3,(H,22,25)(H,23,24). The molecular formula is C20H23FN2O4. The maximum Gasteiger partial charge on any atom is 0.251 e. The molecule has 0 aromatic heterocycles. The predicted molar refractivity (Wildman–Crippen MR) is 101 cm³/mol. The lowest BCUT2D eigenvalue weighted by atomic mass is 10.0. The molecule has 0 aliphatic rings. The van der Waals surface area contributed by atoms with Crippen molar-refractivity contribution in [1.29, 1.82) is 0 Å². The molecule has 1 unspecified atom stereocenters. The van der Waals surface area contributed by atoms with Gasteiger partial charge >= 0.3 is 0 Å². The molecule has 0 aliphatic carbocycles. The highest BCUT2D eigenvalue weighted by Gasteiger charge is 2.25. The molecular weight excluding hydrogens is 351 g/mol. The minimum atomic E-state index is -0.793. The Kier molecular flexibility index (Phi) is 6.76. The third kappa shape index (κ3) is 5.20. The first-order chi connectivity index (χ1) is 12.8. The third-order valence-corrected chi connectivity index (χ3v) is 4.01. The van der Waals surface area contributed by atoms with Crippen molar-refractivity contribution in [1.82, 2.24) is 5.32 Å². The van der Waals surface area contributed by atoms with Crippen LogP contribution in [0.5, 0.6) is 11.5 Å². The molecule has 2 amide bonds. The van der Waals surface area contributed by atoms with E-state index in [0.29, 0.717) is 17.2 Å². The molecule has 27 heavy (non-hydrogen) atoms. The van der Waals surface area contributed by atoms with Gasteiger partial charge in [-0.15, -0.1) is 0 Å². The molecule has 0 radical (unpaired) electrons. The Bertz CT molecular complexity index is 806. The average molecular weight is 374 g/mol. The lowest BCUT2D eigenvalue weighted by Crippen LogP contribution is -2.47. The van der Waals surface area contributed by atoms with Crippen molar-refractivity contribution < 1.29 is 23.5 Å². The molecule has 2 N–H and O–H groups in total. The van der Waals surface area contributed by atoms with E-state index in [4.69, 9.17) is 9.47 Å². The molecule has 6 nitrogen and oxygen atoms in total. The Morgan fingerprint density at radius 2 is 1.67 bits per heavy atom. The minimum Gasteiger partial charge on any atom is -0.497 e. The summed E-state index contributed by atoms with van der Waals surface area (Å²) in [6.45, 7) is 3.63. The molecule has 0 saturated heterocycles. The Balaban J connectivity index is 2.17. The summed E-state index contributed by atoms with van der Waals surface area (Å²) in [7, 11) is 3.01. The van der Waals surface area contributed by atoms with Crippen LogP contribution in [0, 0.1) is 11.7 Å². The number of carbonyl (C=O) groups excluding carboxylic acids is 2. The Hall–Kier alpha value is -3.09. The molecule has 2 aromatic carbocycles. The molecule has 2 aromatic rings. The normalized spacial score (nSPS) is 11.6. The van der Waals surface area contributed by atoms with Gasteiger partial charge in [0.25, 0.3) is 5.91 Å². The zero-order valence-corrected chi connectivity index (χ0v) is 15.7. The largest absolute Gasteiger partial charge is 0.497 e. The molecule has 0 saturated carbocycles. The molecule has 144 valence electrons. The maximum absolute atomic E-state index is 13.0. The van der Waals surface area contributed by atoms with Crippen LogP contribution in [0.1, 0.15) is 24.2 Å². The van der Waals surface area contributed by atoms with E-state index >= 15 is 0 Å². The van der Waals surface area contributed by atoms with Crippen LogP contribution < -0.4 is 20.1 Å². The highest BCUT2D eigenvalue weighted by Crippen LogP contribution is 2.29. The van der Waals surface area contributed by atoms with Crippen LogP contribution in [0.2, 0.25) is 0 Å². The molecule has 0 aliphatic heterocycles. The number of ether oxygens (including phenoxy) is 2. The fourth-order valence-electron chi connectivity index (χ4n) is 2.48. The first-order valence-corrected chi connectivity index (χ1v) is 8.45. The SMILES string of the molecule is COc1ccc(OC)c(NC(=O)C(NC(=O)c2ccc(F)cc2)C(C)C)c1. The second-order valence-corrected chi connectivity index (χ2v) is 6.26. The van der Waals surface area contributed by atoms with Crippen molar-refractivity contribution in [3.8, 4) is 11.5 Å². The Labute approximate surface area is 157 Å². The van der Waals surface area contributed by atoms with E-state index in [1.807, 2.05) is 13.8 Å². The molecule has 7 heteroatoms. The van der Waals surface area contributed by atoms with Crippen LogP contribution in [-0.4, -0.2) is 32.1 Å². The van der Waals surface area contributed by atoms with Crippen molar-refractivity contribution in [2.45, 2.75) is 19.9 Å². The summed E-state index contributed by atoms with van der Waals surface area (Å²) in [6.07, 6.45) is 0. The van der Waals surface area contributed by atoms with Gasteiger partial charge in [0.15, 0.2) is 0 Å². The Morgan fingerprint density at radius 3 is 2.22 bits per heavy atom. The van der Waals surface area contributed by atoms with Crippen molar-refractivity contribution in [2.24, 2.45) is 5.92 Å². The lowest BCUT2D eigenvalue weighted by Gasteiger charge is -2.22. The van der Waals surface area contributed by atoms with E-state index in [2.05, 4.69) is 10.6 Å². The smallest absolute Gasteiger partial charge is 0.251 e. The number of rotatable bonds is 7. The van der Waals surface area contributed by atoms with Crippen molar-refractivity contribution >= 4 is 17.5 Å². The van der Waals surface area contributed by atoms with E-state index in [1.165, 1.54) is 38.5 Å². The summed E-state index contributed by atoms with van der Waals surface area (Å²) in [5.74, 6) is -0.437. The van der Waals surface area contributed by atoms with Gasteiger partial charge in [0.05, 0.1) is 19.9 Å². The second kappa shape index (κ2) is 9.02. The van der Waals surface area contributed by atoms with Crippen LogP contribution in [0.15, 0.2) is 42.5 Å². The summed E-state index contributed by atoms with van der Waals surface area (Å²) in [5.41, 5.74) is 0.706. The van der Waals surface area contributed by atoms with Gasteiger partial charge in [0.2, 0.25) is 5.91 Å². The van der Waals surface area contributed by atoms with Gasteiger partial charge in [-0.05, 0) is 42.3 Å². The Morgan fingerprint density at radius 1 is 1.00 bits per heavy atom. The summed E-state index contributed by atoms with van der Waals surface area (Å²) in [4.78, 5) is 25.2. The van der Waals surface area contributed by atoms with E-state index in [-0.39, 0.29) is 11.5 Å². The fourth-order valence-corrected chi connectivity index (χ4v) is 2.48. The number of halogens is 1. The fraction of sp³-hybridized carbons (Fsp3) is 0.300. The van der Waals surface area contributed by atoms with Gasteiger partial charge in [0.1, 0.15) is 23.4 Å². The molecule has 0 heterocycles. The van der Waals surface area contributed by atoms with Gasteiger partial charge in [-0.25, -0.2) is 4.39 Å².